The second kappa shape index (κ2) is 5.85. The van der Waals surface area contributed by atoms with Gasteiger partial charge in [-0.25, -0.2) is 8.78 Å². The van der Waals surface area contributed by atoms with Crippen LogP contribution in [0.5, 0.6) is 0 Å². The SMILES string of the molecule is CCCCC1(C2C=CC(C)=CC2)C(F)=CC=CC1F. The van der Waals surface area contributed by atoms with E-state index in [1.54, 1.807) is 0 Å². The normalized spacial score (nSPS) is 34.1. The van der Waals surface area contributed by atoms with Crippen LogP contribution in [0.3, 0.4) is 0 Å². The second-order valence-corrected chi connectivity index (χ2v) is 5.59. The molecule has 0 fully saturated rings. The Bertz CT molecular complexity index is 442. The zero-order valence-electron chi connectivity index (χ0n) is 11.7. The molecule has 0 aromatic carbocycles. The molecule has 104 valence electrons. The fourth-order valence-electron chi connectivity index (χ4n) is 3.10. The van der Waals surface area contributed by atoms with Crippen molar-refractivity contribution in [2.24, 2.45) is 11.3 Å². The molecule has 0 saturated heterocycles. The molecule has 0 bridgehead atoms. The van der Waals surface area contributed by atoms with Crippen molar-refractivity contribution in [2.75, 3.05) is 0 Å². The predicted molar refractivity (Wildman–Crippen MR) is 76.2 cm³/mol. The summed E-state index contributed by atoms with van der Waals surface area (Å²) in [6, 6.07) is 0. The molecule has 0 aromatic rings. The molecular formula is C17H22F2. The van der Waals surface area contributed by atoms with Crippen LogP contribution in [0.25, 0.3) is 0 Å². The van der Waals surface area contributed by atoms with Crippen LogP contribution in [0, 0.1) is 11.3 Å². The monoisotopic (exact) mass is 264 g/mol. The molecule has 2 rings (SSSR count). The highest BCUT2D eigenvalue weighted by Gasteiger charge is 2.48. The van der Waals surface area contributed by atoms with Gasteiger partial charge in [0.15, 0.2) is 0 Å². The molecule has 2 heteroatoms. The fourth-order valence-corrected chi connectivity index (χ4v) is 3.10. The second-order valence-electron chi connectivity index (χ2n) is 5.59. The molecule has 0 aromatic heterocycles. The third-order valence-corrected chi connectivity index (χ3v) is 4.35. The van der Waals surface area contributed by atoms with Crippen LogP contribution in [0.1, 0.15) is 39.5 Å². The van der Waals surface area contributed by atoms with Crippen LogP contribution in [0.4, 0.5) is 8.78 Å². The number of rotatable bonds is 4. The van der Waals surface area contributed by atoms with Gasteiger partial charge in [0.2, 0.25) is 0 Å². The Labute approximate surface area is 114 Å². The van der Waals surface area contributed by atoms with Crippen molar-refractivity contribution in [2.45, 2.75) is 45.7 Å². The van der Waals surface area contributed by atoms with Gasteiger partial charge in [0, 0.05) is 0 Å². The van der Waals surface area contributed by atoms with Crippen molar-refractivity contribution in [1.29, 1.82) is 0 Å². The quantitative estimate of drug-likeness (QED) is 0.633. The van der Waals surface area contributed by atoms with Crippen molar-refractivity contribution in [1.82, 2.24) is 0 Å². The lowest BCUT2D eigenvalue weighted by Crippen LogP contribution is -2.40. The number of hydrogen-bond donors (Lipinski definition) is 0. The molecule has 0 saturated carbocycles. The molecular weight excluding hydrogens is 242 g/mol. The third kappa shape index (κ3) is 2.58. The fraction of sp³-hybridized carbons (Fsp3) is 0.529. The van der Waals surface area contributed by atoms with Crippen LogP contribution in [0.2, 0.25) is 0 Å². The van der Waals surface area contributed by atoms with Gasteiger partial charge < -0.3 is 0 Å². The van der Waals surface area contributed by atoms with Gasteiger partial charge >= 0.3 is 0 Å². The summed E-state index contributed by atoms with van der Waals surface area (Å²) in [5.41, 5.74) is 0.186. The van der Waals surface area contributed by atoms with E-state index < -0.39 is 11.6 Å². The van der Waals surface area contributed by atoms with Crippen molar-refractivity contribution >= 4 is 0 Å². The van der Waals surface area contributed by atoms with Crippen molar-refractivity contribution in [3.8, 4) is 0 Å². The van der Waals surface area contributed by atoms with Crippen LogP contribution in [-0.4, -0.2) is 6.17 Å². The van der Waals surface area contributed by atoms with Gasteiger partial charge in [-0.1, -0.05) is 49.6 Å². The summed E-state index contributed by atoms with van der Waals surface area (Å²) in [5.74, 6) is -0.377. The van der Waals surface area contributed by atoms with E-state index in [1.165, 1.54) is 23.8 Å². The summed E-state index contributed by atoms with van der Waals surface area (Å²) < 4.78 is 29.0. The van der Waals surface area contributed by atoms with Crippen molar-refractivity contribution in [3.63, 3.8) is 0 Å². The van der Waals surface area contributed by atoms with E-state index in [0.717, 1.165) is 19.3 Å². The van der Waals surface area contributed by atoms with Gasteiger partial charge in [0.1, 0.15) is 12.0 Å². The molecule has 0 aliphatic heterocycles. The average molecular weight is 264 g/mol. The van der Waals surface area contributed by atoms with Crippen LogP contribution >= 0.6 is 0 Å². The van der Waals surface area contributed by atoms with E-state index in [0.29, 0.717) is 6.42 Å². The lowest BCUT2D eigenvalue weighted by atomic mass is 9.64. The minimum absolute atomic E-state index is 0.0843. The number of halogens is 2. The van der Waals surface area contributed by atoms with Crippen LogP contribution in [-0.2, 0) is 0 Å². The topological polar surface area (TPSA) is 0 Å². The zero-order valence-corrected chi connectivity index (χ0v) is 11.7. The molecule has 0 amide bonds. The number of hydrogen-bond acceptors (Lipinski definition) is 0. The van der Waals surface area contributed by atoms with E-state index in [1.807, 2.05) is 19.1 Å². The number of unbranched alkanes of at least 4 members (excludes halogenated alkanes) is 1. The molecule has 19 heavy (non-hydrogen) atoms. The molecule has 3 atom stereocenters. The predicted octanol–water partition coefficient (Wildman–Crippen LogP) is 5.45. The first-order chi connectivity index (χ1) is 9.11. The first kappa shape index (κ1) is 14.2. The van der Waals surface area contributed by atoms with E-state index >= 15 is 0 Å². The molecule has 0 spiro atoms. The first-order valence-electron chi connectivity index (χ1n) is 7.14. The molecule has 0 nitrogen and oxygen atoms in total. The van der Waals surface area contributed by atoms with E-state index in [-0.39, 0.29) is 11.7 Å². The van der Waals surface area contributed by atoms with Gasteiger partial charge in [-0.2, -0.15) is 0 Å². The highest BCUT2D eigenvalue weighted by Crippen LogP contribution is 2.51. The molecule has 3 unspecified atom stereocenters. The summed E-state index contributed by atoms with van der Waals surface area (Å²) in [6.07, 6.45) is 12.4. The minimum atomic E-state index is -1.23. The lowest BCUT2D eigenvalue weighted by Gasteiger charge is -2.42. The Morgan fingerprint density at radius 2 is 2.16 bits per heavy atom. The number of allylic oxidation sites excluding steroid dienone is 8. The highest BCUT2D eigenvalue weighted by molar-refractivity contribution is 5.32. The summed E-state index contributed by atoms with van der Waals surface area (Å²) in [7, 11) is 0. The Morgan fingerprint density at radius 3 is 2.74 bits per heavy atom. The van der Waals surface area contributed by atoms with Gasteiger partial charge in [-0.3, -0.25) is 0 Å². The van der Waals surface area contributed by atoms with Gasteiger partial charge in [-0.15, -0.1) is 0 Å². The van der Waals surface area contributed by atoms with E-state index in [9.17, 15) is 8.78 Å². The molecule has 0 N–H and O–H groups in total. The Morgan fingerprint density at radius 1 is 1.37 bits per heavy atom. The third-order valence-electron chi connectivity index (χ3n) is 4.35. The summed E-state index contributed by atoms with van der Waals surface area (Å²) in [4.78, 5) is 0. The standard InChI is InChI=1S/C17H22F2/c1-3-4-12-17(14-10-8-13(2)9-11-14)15(18)6-5-7-16(17)19/h5-10,14-15H,3-4,11-12H2,1-2H3. The van der Waals surface area contributed by atoms with Crippen molar-refractivity contribution in [3.05, 3.63) is 47.9 Å². The van der Waals surface area contributed by atoms with E-state index in [4.69, 9.17) is 0 Å². The molecule has 0 radical (unpaired) electrons. The lowest BCUT2D eigenvalue weighted by molar-refractivity contribution is 0.0867. The highest BCUT2D eigenvalue weighted by atomic mass is 19.1. The van der Waals surface area contributed by atoms with Crippen LogP contribution < -0.4 is 0 Å². The molecule has 2 aliphatic rings. The maximum Gasteiger partial charge on any atom is 0.131 e. The van der Waals surface area contributed by atoms with Crippen LogP contribution in [0.15, 0.2) is 47.9 Å². The zero-order chi connectivity index (χ0) is 13.9. The average Bonchev–Trinajstić information content (AvgIpc) is 2.40. The molecule has 2 aliphatic carbocycles. The summed E-state index contributed by atoms with van der Waals surface area (Å²) in [6.45, 7) is 4.08. The summed E-state index contributed by atoms with van der Waals surface area (Å²) in [5, 5.41) is 0. The first-order valence-corrected chi connectivity index (χ1v) is 7.14. The van der Waals surface area contributed by atoms with Crippen molar-refractivity contribution < 1.29 is 8.78 Å². The minimum Gasteiger partial charge on any atom is -0.242 e. The van der Waals surface area contributed by atoms with E-state index in [2.05, 4.69) is 13.0 Å². The van der Waals surface area contributed by atoms with Gasteiger partial charge in [-0.05, 0) is 37.8 Å². The molecule has 0 heterocycles. The van der Waals surface area contributed by atoms with Gasteiger partial charge in [0.05, 0.1) is 5.41 Å². The maximum absolute atomic E-state index is 14.5. The number of alkyl halides is 1. The Kier molecular flexibility index (Phi) is 4.38. The van der Waals surface area contributed by atoms with Gasteiger partial charge in [0.25, 0.3) is 0 Å². The largest absolute Gasteiger partial charge is 0.242 e. The Hall–Kier alpha value is -1.18. The maximum atomic E-state index is 14.5. The summed E-state index contributed by atoms with van der Waals surface area (Å²) >= 11 is 0. The Balaban J connectivity index is 2.32. The smallest absolute Gasteiger partial charge is 0.131 e.